The van der Waals surface area contributed by atoms with Crippen molar-refractivity contribution in [1.82, 2.24) is 19.6 Å². The van der Waals surface area contributed by atoms with Crippen LogP contribution < -0.4 is 10.6 Å². The Morgan fingerprint density at radius 3 is 2.64 bits per heavy atom. The molecule has 2 heterocycles. The molecule has 0 atom stereocenters. The van der Waals surface area contributed by atoms with E-state index in [-0.39, 0.29) is 5.02 Å². The van der Waals surface area contributed by atoms with E-state index in [4.69, 9.17) is 23.8 Å². The summed E-state index contributed by atoms with van der Waals surface area (Å²) in [5.41, 5.74) is 2.41. The summed E-state index contributed by atoms with van der Waals surface area (Å²) in [5, 5.41) is 14.9. The van der Waals surface area contributed by atoms with Crippen molar-refractivity contribution in [3.63, 3.8) is 0 Å². The zero-order valence-corrected chi connectivity index (χ0v) is 15.0. The molecule has 0 fully saturated rings. The number of hydrogen-bond acceptors (Lipinski definition) is 3. The fourth-order valence-corrected chi connectivity index (χ4v) is 2.65. The summed E-state index contributed by atoms with van der Waals surface area (Å²) in [4.78, 5) is 0. The fourth-order valence-electron chi connectivity index (χ4n) is 2.23. The maximum absolute atomic E-state index is 13.2. The Morgan fingerprint density at radius 2 is 1.92 bits per heavy atom. The molecule has 0 amide bonds. The third-order valence-corrected chi connectivity index (χ3v) is 3.92. The van der Waals surface area contributed by atoms with Crippen molar-refractivity contribution < 1.29 is 4.39 Å². The van der Waals surface area contributed by atoms with Gasteiger partial charge in [0.2, 0.25) is 0 Å². The lowest BCUT2D eigenvalue weighted by atomic mass is 10.3. The molecule has 25 heavy (non-hydrogen) atoms. The molecule has 130 valence electrons. The molecule has 2 aromatic heterocycles. The number of nitrogens with zero attached hydrogens (tertiary/aromatic N) is 4. The highest BCUT2D eigenvalue weighted by atomic mass is 35.5. The second-order valence-corrected chi connectivity index (χ2v) is 6.15. The number of nitrogens with one attached hydrogen (secondary N) is 2. The summed E-state index contributed by atoms with van der Waals surface area (Å²) in [6.07, 6.45) is 7.33. The Balaban J connectivity index is 1.58. The lowest BCUT2D eigenvalue weighted by Crippen LogP contribution is -2.18. The molecule has 0 spiro atoms. The van der Waals surface area contributed by atoms with E-state index < -0.39 is 5.82 Å². The summed E-state index contributed by atoms with van der Waals surface area (Å²) in [6.45, 7) is 3.49. The van der Waals surface area contributed by atoms with Crippen LogP contribution in [0.4, 0.5) is 15.8 Å². The molecule has 0 saturated carbocycles. The van der Waals surface area contributed by atoms with Crippen LogP contribution in [0, 0.1) is 5.82 Å². The second-order valence-electron chi connectivity index (χ2n) is 5.34. The van der Waals surface area contributed by atoms with Gasteiger partial charge >= 0.3 is 0 Å². The van der Waals surface area contributed by atoms with Gasteiger partial charge in [0, 0.05) is 30.2 Å². The lowest BCUT2D eigenvalue weighted by molar-refractivity contribution is 0.628. The molecule has 9 heteroatoms. The quantitative estimate of drug-likeness (QED) is 0.662. The van der Waals surface area contributed by atoms with E-state index in [1.165, 1.54) is 12.1 Å². The van der Waals surface area contributed by atoms with Crippen LogP contribution in [-0.2, 0) is 13.1 Å². The van der Waals surface area contributed by atoms with Gasteiger partial charge in [0.25, 0.3) is 0 Å². The third kappa shape index (κ3) is 4.55. The van der Waals surface area contributed by atoms with Gasteiger partial charge in [-0.1, -0.05) is 11.6 Å². The van der Waals surface area contributed by atoms with Crippen LogP contribution in [0.2, 0.25) is 5.02 Å². The smallest absolute Gasteiger partial charge is 0.175 e. The van der Waals surface area contributed by atoms with Crippen molar-refractivity contribution in [2.75, 3.05) is 10.6 Å². The highest BCUT2D eigenvalue weighted by molar-refractivity contribution is 7.80. The van der Waals surface area contributed by atoms with Crippen molar-refractivity contribution in [2.24, 2.45) is 0 Å². The maximum Gasteiger partial charge on any atom is 0.175 e. The second kappa shape index (κ2) is 7.62. The highest BCUT2D eigenvalue weighted by Gasteiger charge is 2.06. The Bertz CT molecular complexity index is 890. The van der Waals surface area contributed by atoms with Crippen molar-refractivity contribution >= 4 is 40.3 Å². The van der Waals surface area contributed by atoms with Gasteiger partial charge in [-0.25, -0.2) is 4.39 Å². The highest BCUT2D eigenvalue weighted by Crippen LogP contribution is 2.19. The zero-order valence-electron chi connectivity index (χ0n) is 13.4. The van der Waals surface area contributed by atoms with Crippen molar-refractivity contribution in [3.8, 4) is 0 Å². The van der Waals surface area contributed by atoms with Crippen molar-refractivity contribution in [1.29, 1.82) is 0 Å². The summed E-state index contributed by atoms with van der Waals surface area (Å²) in [7, 11) is 0. The summed E-state index contributed by atoms with van der Waals surface area (Å²) < 4.78 is 16.8. The van der Waals surface area contributed by atoms with E-state index in [0.29, 0.717) is 17.3 Å². The van der Waals surface area contributed by atoms with Crippen LogP contribution in [0.25, 0.3) is 0 Å². The topological polar surface area (TPSA) is 59.7 Å². The molecule has 0 unspecified atom stereocenters. The molecule has 2 N–H and O–H groups in total. The number of halogens is 2. The van der Waals surface area contributed by atoms with Crippen LogP contribution in [0.1, 0.15) is 12.5 Å². The minimum Gasteiger partial charge on any atom is -0.332 e. The fraction of sp³-hybridized carbons (Fsp3) is 0.188. The van der Waals surface area contributed by atoms with E-state index in [1.807, 2.05) is 30.2 Å². The summed E-state index contributed by atoms with van der Waals surface area (Å²) >= 11 is 11.0. The van der Waals surface area contributed by atoms with Crippen LogP contribution in [0.5, 0.6) is 0 Å². The first-order valence-corrected chi connectivity index (χ1v) is 8.39. The molecular formula is C16H16ClFN6S. The van der Waals surface area contributed by atoms with Crippen molar-refractivity contribution in [2.45, 2.75) is 20.0 Å². The van der Waals surface area contributed by atoms with Crippen LogP contribution in [0.3, 0.4) is 0 Å². The van der Waals surface area contributed by atoms with Gasteiger partial charge in [-0.15, -0.1) is 0 Å². The Labute approximate surface area is 154 Å². The minimum atomic E-state index is -0.473. The predicted octanol–water partition coefficient (Wildman–Crippen LogP) is 3.75. The van der Waals surface area contributed by atoms with Crippen LogP contribution >= 0.6 is 23.8 Å². The first kappa shape index (κ1) is 17.4. The maximum atomic E-state index is 13.2. The zero-order chi connectivity index (χ0) is 17.8. The molecule has 0 aliphatic rings. The Kier molecular flexibility index (Phi) is 5.30. The third-order valence-electron chi connectivity index (χ3n) is 3.42. The molecular weight excluding hydrogens is 363 g/mol. The van der Waals surface area contributed by atoms with Gasteiger partial charge in [-0.3, -0.25) is 9.36 Å². The molecule has 0 radical (unpaired) electrons. The molecule has 0 saturated heterocycles. The van der Waals surface area contributed by atoms with Crippen LogP contribution in [-0.4, -0.2) is 24.7 Å². The Morgan fingerprint density at radius 1 is 1.16 bits per heavy atom. The van der Waals surface area contributed by atoms with E-state index >= 15 is 0 Å². The number of benzene rings is 1. The predicted molar refractivity (Wildman–Crippen MR) is 100 cm³/mol. The number of aryl methyl sites for hydroxylation is 1. The standard InChI is InChI=1S/C16H16ClFN6S/c1-2-23-8-11(6-19-23)9-24-10-13(7-20-24)22-16(25)21-12-3-4-15(18)14(17)5-12/h3-8,10H,2,9H2,1H3,(H2,21,22,25). The molecule has 0 aliphatic heterocycles. The first-order chi connectivity index (χ1) is 12.0. The average Bonchev–Trinajstić information content (AvgIpc) is 3.20. The van der Waals surface area contributed by atoms with Gasteiger partial charge in [0.05, 0.1) is 29.6 Å². The van der Waals surface area contributed by atoms with Gasteiger partial charge in [-0.05, 0) is 37.3 Å². The van der Waals surface area contributed by atoms with E-state index in [0.717, 1.165) is 17.8 Å². The number of thiocarbonyl (C=S) groups is 1. The SMILES string of the molecule is CCn1cc(Cn2cc(NC(=S)Nc3ccc(F)c(Cl)c3)cn2)cn1. The monoisotopic (exact) mass is 378 g/mol. The number of aromatic nitrogens is 4. The minimum absolute atomic E-state index is 0.0354. The first-order valence-electron chi connectivity index (χ1n) is 7.60. The van der Waals surface area contributed by atoms with E-state index in [2.05, 4.69) is 20.8 Å². The largest absolute Gasteiger partial charge is 0.332 e. The summed E-state index contributed by atoms with van der Waals surface area (Å²) in [5.74, 6) is -0.473. The van der Waals surface area contributed by atoms with E-state index in [9.17, 15) is 4.39 Å². The van der Waals surface area contributed by atoms with Gasteiger partial charge < -0.3 is 10.6 Å². The molecule has 0 aliphatic carbocycles. The normalized spacial score (nSPS) is 10.7. The van der Waals surface area contributed by atoms with Gasteiger partial charge in [0.1, 0.15) is 5.82 Å². The van der Waals surface area contributed by atoms with Gasteiger partial charge in [-0.2, -0.15) is 10.2 Å². The van der Waals surface area contributed by atoms with E-state index in [1.54, 1.807) is 16.9 Å². The van der Waals surface area contributed by atoms with Crippen LogP contribution in [0.15, 0.2) is 43.0 Å². The molecule has 3 aromatic rings. The molecule has 1 aromatic carbocycles. The lowest BCUT2D eigenvalue weighted by Gasteiger charge is -2.09. The molecule has 0 bridgehead atoms. The number of hydrogen-bond donors (Lipinski definition) is 2. The summed E-state index contributed by atoms with van der Waals surface area (Å²) in [6, 6.07) is 4.31. The average molecular weight is 379 g/mol. The molecule has 6 nitrogen and oxygen atoms in total. The molecule has 3 rings (SSSR count). The van der Waals surface area contributed by atoms with Gasteiger partial charge in [0.15, 0.2) is 5.11 Å². The van der Waals surface area contributed by atoms with Crippen molar-refractivity contribution in [3.05, 3.63) is 59.4 Å². The number of rotatable bonds is 5. The Hall–Kier alpha value is -2.45. The number of anilines is 2.